The van der Waals surface area contributed by atoms with E-state index in [9.17, 15) is 14.4 Å². The number of aromatic carboxylic acids is 1. The third kappa shape index (κ3) is 2.62. The van der Waals surface area contributed by atoms with Crippen molar-refractivity contribution in [3.05, 3.63) is 29.6 Å². The van der Waals surface area contributed by atoms with Gasteiger partial charge in [0.15, 0.2) is 0 Å². The molecule has 1 aliphatic rings. The van der Waals surface area contributed by atoms with Gasteiger partial charge in [-0.15, -0.1) is 0 Å². The molecule has 1 aromatic heterocycles. The van der Waals surface area contributed by atoms with Crippen LogP contribution in [0.3, 0.4) is 0 Å². The van der Waals surface area contributed by atoms with E-state index in [2.05, 4.69) is 15.6 Å². The number of nitrogens with one attached hydrogen (secondary N) is 2. The summed E-state index contributed by atoms with van der Waals surface area (Å²) in [6.45, 7) is 0.390. The molecular formula is C11H11N3O4. The van der Waals surface area contributed by atoms with E-state index in [0.29, 0.717) is 6.54 Å². The number of carboxylic acid groups (broad SMARTS) is 1. The quantitative estimate of drug-likeness (QED) is 0.662. The predicted molar refractivity (Wildman–Crippen MR) is 60.1 cm³/mol. The summed E-state index contributed by atoms with van der Waals surface area (Å²) in [5.74, 6) is -1.72. The molecule has 7 heteroatoms. The Morgan fingerprint density at radius 3 is 2.89 bits per heavy atom. The average Bonchev–Trinajstić information content (AvgIpc) is 2.75. The van der Waals surface area contributed by atoms with Crippen molar-refractivity contribution >= 4 is 17.8 Å². The first kappa shape index (κ1) is 12.0. The second-order valence-electron chi connectivity index (χ2n) is 3.91. The smallest absolute Gasteiger partial charge is 0.354 e. The average molecular weight is 249 g/mol. The van der Waals surface area contributed by atoms with E-state index < -0.39 is 11.9 Å². The molecule has 0 radical (unpaired) electrons. The third-order valence-electron chi connectivity index (χ3n) is 2.55. The van der Waals surface area contributed by atoms with Crippen molar-refractivity contribution < 1.29 is 19.5 Å². The molecule has 7 nitrogen and oxygen atoms in total. The molecular weight excluding hydrogens is 238 g/mol. The molecule has 1 unspecified atom stereocenters. The summed E-state index contributed by atoms with van der Waals surface area (Å²) >= 11 is 0. The van der Waals surface area contributed by atoms with Gasteiger partial charge in [0.2, 0.25) is 5.91 Å². The van der Waals surface area contributed by atoms with Crippen molar-refractivity contribution in [2.75, 3.05) is 6.54 Å². The molecule has 2 amide bonds. The van der Waals surface area contributed by atoms with Crippen LogP contribution in [-0.2, 0) is 4.79 Å². The van der Waals surface area contributed by atoms with E-state index in [1.165, 1.54) is 18.3 Å². The normalized spacial score (nSPS) is 18.2. The van der Waals surface area contributed by atoms with Crippen LogP contribution < -0.4 is 10.6 Å². The van der Waals surface area contributed by atoms with Gasteiger partial charge in [0.05, 0.1) is 6.04 Å². The highest BCUT2D eigenvalue weighted by molar-refractivity contribution is 5.97. The lowest BCUT2D eigenvalue weighted by molar-refractivity contribution is -0.119. The van der Waals surface area contributed by atoms with Gasteiger partial charge in [-0.1, -0.05) is 0 Å². The van der Waals surface area contributed by atoms with E-state index in [-0.39, 0.29) is 29.6 Å². The largest absolute Gasteiger partial charge is 0.477 e. The Morgan fingerprint density at radius 2 is 2.28 bits per heavy atom. The Morgan fingerprint density at radius 1 is 1.50 bits per heavy atom. The number of hydrogen-bond acceptors (Lipinski definition) is 4. The van der Waals surface area contributed by atoms with Crippen LogP contribution in [0, 0.1) is 0 Å². The molecule has 18 heavy (non-hydrogen) atoms. The van der Waals surface area contributed by atoms with Gasteiger partial charge in [-0.2, -0.15) is 0 Å². The van der Waals surface area contributed by atoms with Crippen molar-refractivity contribution in [1.29, 1.82) is 0 Å². The predicted octanol–water partition coefficient (Wildman–Crippen LogP) is -0.602. The monoisotopic (exact) mass is 249 g/mol. The van der Waals surface area contributed by atoms with Crippen molar-refractivity contribution in [1.82, 2.24) is 15.6 Å². The van der Waals surface area contributed by atoms with Crippen LogP contribution >= 0.6 is 0 Å². The van der Waals surface area contributed by atoms with Crippen molar-refractivity contribution in [2.45, 2.75) is 12.5 Å². The summed E-state index contributed by atoms with van der Waals surface area (Å²) in [7, 11) is 0. The molecule has 1 atom stereocenters. The Kier molecular flexibility index (Phi) is 3.22. The topological polar surface area (TPSA) is 108 Å². The molecule has 1 aliphatic heterocycles. The maximum Gasteiger partial charge on any atom is 0.354 e. The van der Waals surface area contributed by atoms with Gasteiger partial charge in [-0.3, -0.25) is 9.59 Å². The number of carbonyl (C=O) groups is 3. The van der Waals surface area contributed by atoms with Gasteiger partial charge in [-0.25, -0.2) is 9.78 Å². The minimum atomic E-state index is -1.19. The molecule has 0 saturated carbocycles. The van der Waals surface area contributed by atoms with Crippen molar-refractivity contribution in [3.8, 4) is 0 Å². The van der Waals surface area contributed by atoms with Crippen LogP contribution in [0.25, 0.3) is 0 Å². The zero-order valence-corrected chi connectivity index (χ0v) is 9.34. The molecule has 94 valence electrons. The van der Waals surface area contributed by atoms with E-state index in [0.717, 1.165) is 0 Å². The number of carboxylic acids is 1. The Labute approximate surface area is 102 Å². The molecule has 2 rings (SSSR count). The lowest BCUT2D eigenvalue weighted by Crippen LogP contribution is -2.36. The summed E-state index contributed by atoms with van der Waals surface area (Å²) in [4.78, 5) is 37.1. The molecule has 1 aromatic rings. The molecule has 0 bridgehead atoms. The van der Waals surface area contributed by atoms with Gasteiger partial charge in [0.1, 0.15) is 5.69 Å². The van der Waals surface area contributed by atoms with E-state index in [1.54, 1.807) is 0 Å². The van der Waals surface area contributed by atoms with Crippen LogP contribution in [0.15, 0.2) is 18.3 Å². The molecule has 1 fully saturated rings. The Balaban J connectivity index is 2.06. The summed E-state index contributed by atoms with van der Waals surface area (Å²) in [5.41, 5.74) is 0.0185. The lowest BCUT2D eigenvalue weighted by atomic mass is 10.2. The van der Waals surface area contributed by atoms with Crippen LogP contribution in [0.4, 0.5) is 0 Å². The second-order valence-corrected chi connectivity index (χ2v) is 3.91. The summed E-state index contributed by atoms with van der Waals surface area (Å²) in [6.07, 6.45) is 1.50. The zero-order chi connectivity index (χ0) is 13.1. The van der Waals surface area contributed by atoms with E-state index in [1.807, 2.05) is 0 Å². The standard InChI is InChI=1S/C11H11N3O4/c15-9-4-7(5-13-9)14-10(16)6-1-2-12-8(3-6)11(17)18/h1-3,7H,4-5H2,(H,13,15)(H,14,16)(H,17,18). The fourth-order valence-corrected chi connectivity index (χ4v) is 1.66. The number of rotatable bonds is 3. The maximum atomic E-state index is 11.8. The van der Waals surface area contributed by atoms with E-state index >= 15 is 0 Å². The minimum Gasteiger partial charge on any atom is -0.477 e. The van der Waals surface area contributed by atoms with Crippen LogP contribution in [0.2, 0.25) is 0 Å². The van der Waals surface area contributed by atoms with Crippen molar-refractivity contribution in [2.24, 2.45) is 0 Å². The fraction of sp³-hybridized carbons (Fsp3) is 0.273. The Bertz CT molecular complexity index is 515. The molecule has 2 heterocycles. The lowest BCUT2D eigenvalue weighted by Gasteiger charge is -2.10. The van der Waals surface area contributed by atoms with Gasteiger partial charge in [-0.05, 0) is 12.1 Å². The Hall–Kier alpha value is -2.44. The second kappa shape index (κ2) is 4.82. The highest BCUT2D eigenvalue weighted by Gasteiger charge is 2.23. The number of nitrogens with zero attached hydrogens (tertiary/aromatic N) is 1. The summed E-state index contributed by atoms with van der Waals surface area (Å²) < 4.78 is 0. The number of pyridine rings is 1. The van der Waals surface area contributed by atoms with Crippen LogP contribution in [0.5, 0.6) is 0 Å². The molecule has 0 aliphatic carbocycles. The number of hydrogen-bond donors (Lipinski definition) is 3. The highest BCUT2D eigenvalue weighted by Crippen LogP contribution is 2.05. The zero-order valence-electron chi connectivity index (χ0n) is 9.34. The summed E-state index contributed by atoms with van der Waals surface area (Å²) in [5, 5.41) is 14.0. The van der Waals surface area contributed by atoms with Crippen molar-refractivity contribution in [3.63, 3.8) is 0 Å². The highest BCUT2D eigenvalue weighted by atomic mass is 16.4. The number of aromatic nitrogens is 1. The molecule has 1 saturated heterocycles. The van der Waals surface area contributed by atoms with E-state index in [4.69, 9.17) is 5.11 Å². The van der Waals surface area contributed by atoms with Crippen LogP contribution in [0.1, 0.15) is 27.3 Å². The minimum absolute atomic E-state index is 0.110. The molecule has 0 aromatic carbocycles. The van der Waals surface area contributed by atoms with Gasteiger partial charge >= 0.3 is 5.97 Å². The third-order valence-corrected chi connectivity index (χ3v) is 2.55. The summed E-state index contributed by atoms with van der Waals surface area (Å²) in [6, 6.07) is 2.36. The molecule has 0 spiro atoms. The molecule has 3 N–H and O–H groups in total. The van der Waals surface area contributed by atoms with Gasteiger partial charge < -0.3 is 15.7 Å². The first-order valence-electron chi connectivity index (χ1n) is 5.33. The number of carbonyl (C=O) groups excluding carboxylic acids is 2. The first-order valence-corrected chi connectivity index (χ1v) is 5.33. The SMILES string of the molecule is O=C1CC(NC(=O)c2ccnc(C(=O)O)c2)CN1. The van der Waals surface area contributed by atoms with Gasteiger partial charge in [0, 0.05) is 24.7 Å². The fourth-order valence-electron chi connectivity index (χ4n) is 1.66. The first-order chi connectivity index (χ1) is 8.56. The van der Waals surface area contributed by atoms with Crippen LogP contribution in [-0.4, -0.2) is 40.5 Å². The number of amides is 2. The van der Waals surface area contributed by atoms with Gasteiger partial charge in [0.25, 0.3) is 5.91 Å². The maximum absolute atomic E-state index is 11.8.